The van der Waals surface area contributed by atoms with Gasteiger partial charge in [-0.25, -0.2) is 9.78 Å². The fourth-order valence-corrected chi connectivity index (χ4v) is 2.65. The summed E-state index contributed by atoms with van der Waals surface area (Å²) in [5.41, 5.74) is 1.26. The third-order valence-corrected chi connectivity index (χ3v) is 3.68. The average molecular weight is 287 g/mol. The number of nitrogens with zero attached hydrogens (tertiary/aromatic N) is 3. The predicted molar refractivity (Wildman–Crippen MR) is 71.9 cm³/mol. The number of rotatable bonds is 3. The van der Waals surface area contributed by atoms with Crippen molar-refractivity contribution in [2.24, 2.45) is 5.92 Å². The fraction of sp³-hybridized carbons (Fsp3) is 0.286. The lowest BCUT2D eigenvalue weighted by Crippen LogP contribution is -2.27. The van der Waals surface area contributed by atoms with Crippen molar-refractivity contribution in [2.45, 2.75) is 19.4 Å². The van der Waals surface area contributed by atoms with Crippen LogP contribution in [0.15, 0.2) is 24.5 Å². The normalized spacial score (nSPS) is 17.2. The Morgan fingerprint density at radius 1 is 1.33 bits per heavy atom. The van der Waals surface area contributed by atoms with Gasteiger partial charge in [0, 0.05) is 24.5 Å². The Labute approximate surface area is 119 Å². The van der Waals surface area contributed by atoms with Crippen LogP contribution >= 0.6 is 0 Å². The quantitative estimate of drug-likeness (QED) is 0.881. The molecule has 108 valence electrons. The van der Waals surface area contributed by atoms with Crippen LogP contribution in [0.3, 0.4) is 0 Å². The summed E-state index contributed by atoms with van der Waals surface area (Å²) in [7, 11) is 0. The van der Waals surface area contributed by atoms with Crippen LogP contribution in [-0.4, -0.2) is 36.7 Å². The van der Waals surface area contributed by atoms with Crippen molar-refractivity contribution in [3.05, 3.63) is 35.9 Å². The van der Waals surface area contributed by atoms with E-state index >= 15 is 0 Å². The minimum Gasteiger partial charge on any atom is -0.481 e. The molecule has 3 rings (SSSR count). The number of imidazole rings is 1. The van der Waals surface area contributed by atoms with E-state index in [1.54, 1.807) is 29.1 Å². The first-order chi connectivity index (χ1) is 10.1. The van der Waals surface area contributed by atoms with E-state index in [1.807, 2.05) is 0 Å². The first-order valence-corrected chi connectivity index (χ1v) is 6.54. The third-order valence-electron chi connectivity index (χ3n) is 3.68. The number of pyridine rings is 1. The first kappa shape index (κ1) is 13.3. The van der Waals surface area contributed by atoms with Gasteiger partial charge in [-0.05, 0) is 25.0 Å². The van der Waals surface area contributed by atoms with Gasteiger partial charge in [0.05, 0.1) is 11.6 Å². The standard InChI is InChI=1S/C14H13N3O4/c18-13(19)9-3-4-10-11(14(20)21)16-12(17(10)7-9)8-2-1-5-15-6-8/h1-2,5-6,9H,3-4,7H2,(H,18,19)(H,20,21). The number of carboxylic acid groups (broad SMARTS) is 2. The van der Waals surface area contributed by atoms with Crippen LogP contribution in [0.2, 0.25) is 0 Å². The van der Waals surface area contributed by atoms with E-state index in [0.717, 1.165) is 0 Å². The summed E-state index contributed by atoms with van der Waals surface area (Å²) in [5.74, 6) is -2.03. The van der Waals surface area contributed by atoms with Gasteiger partial charge < -0.3 is 14.8 Å². The maximum absolute atomic E-state index is 11.3. The Hall–Kier alpha value is -2.70. The largest absolute Gasteiger partial charge is 0.481 e. The van der Waals surface area contributed by atoms with Gasteiger partial charge in [0.1, 0.15) is 5.82 Å². The monoisotopic (exact) mass is 287 g/mol. The maximum Gasteiger partial charge on any atom is 0.356 e. The molecule has 0 aromatic carbocycles. The molecule has 0 spiro atoms. The second-order valence-corrected chi connectivity index (χ2v) is 4.96. The Bertz CT molecular complexity index is 709. The molecule has 1 unspecified atom stereocenters. The molecule has 0 aliphatic carbocycles. The summed E-state index contributed by atoms with van der Waals surface area (Å²) in [4.78, 5) is 30.7. The zero-order valence-electron chi connectivity index (χ0n) is 11.1. The van der Waals surface area contributed by atoms with Gasteiger partial charge in [-0.3, -0.25) is 9.78 Å². The van der Waals surface area contributed by atoms with Crippen LogP contribution in [0.5, 0.6) is 0 Å². The lowest BCUT2D eigenvalue weighted by molar-refractivity contribution is -0.142. The molecule has 0 amide bonds. The number of aliphatic carboxylic acids is 1. The maximum atomic E-state index is 11.3. The molecule has 2 N–H and O–H groups in total. The van der Waals surface area contributed by atoms with Gasteiger partial charge in [-0.2, -0.15) is 0 Å². The van der Waals surface area contributed by atoms with Crippen molar-refractivity contribution in [3.8, 4) is 11.4 Å². The van der Waals surface area contributed by atoms with E-state index in [-0.39, 0.29) is 12.2 Å². The van der Waals surface area contributed by atoms with Crippen molar-refractivity contribution >= 4 is 11.9 Å². The number of carboxylic acids is 2. The molecule has 0 radical (unpaired) electrons. The third kappa shape index (κ3) is 2.26. The van der Waals surface area contributed by atoms with Crippen LogP contribution in [0, 0.1) is 5.92 Å². The zero-order chi connectivity index (χ0) is 15.0. The summed E-state index contributed by atoms with van der Waals surface area (Å²) >= 11 is 0. The van der Waals surface area contributed by atoms with Crippen LogP contribution in [0.4, 0.5) is 0 Å². The molecule has 0 saturated heterocycles. The summed E-state index contributed by atoms with van der Waals surface area (Å²) in [5, 5.41) is 18.4. The SMILES string of the molecule is O=C(O)c1nc(-c2cccnc2)n2c1CCC(C(=O)O)C2. The summed E-state index contributed by atoms with van der Waals surface area (Å²) < 4.78 is 1.70. The number of hydrogen-bond donors (Lipinski definition) is 2. The summed E-state index contributed by atoms with van der Waals surface area (Å²) in [6.45, 7) is 0.231. The molecule has 7 nitrogen and oxygen atoms in total. The van der Waals surface area contributed by atoms with E-state index in [9.17, 15) is 19.8 Å². The number of fused-ring (bicyclic) bond motifs is 1. The second-order valence-electron chi connectivity index (χ2n) is 4.96. The number of aromatic carboxylic acids is 1. The number of carbonyl (C=O) groups is 2. The lowest BCUT2D eigenvalue weighted by atomic mass is 9.97. The summed E-state index contributed by atoms with van der Waals surface area (Å²) in [6.07, 6.45) is 4.02. The molecule has 3 heterocycles. The Morgan fingerprint density at radius 3 is 2.76 bits per heavy atom. The fourth-order valence-electron chi connectivity index (χ4n) is 2.65. The van der Waals surface area contributed by atoms with E-state index in [1.165, 1.54) is 0 Å². The van der Waals surface area contributed by atoms with E-state index in [4.69, 9.17) is 0 Å². The van der Waals surface area contributed by atoms with Crippen LogP contribution in [0.1, 0.15) is 22.6 Å². The molecule has 1 aliphatic heterocycles. The Balaban J connectivity index is 2.13. The molecule has 0 fully saturated rings. The summed E-state index contributed by atoms with van der Waals surface area (Å²) in [6, 6.07) is 3.51. The molecule has 2 aromatic rings. The molecule has 21 heavy (non-hydrogen) atoms. The smallest absolute Gasteiger partial charge is 0.356 e. The highest BCUT2D eigenvalue weighted by Crippen LogP contribution is 2.29. The van der Waals surface area contributed by atoms with Crippen LogP contribution < -0.4 is 0 Å². The highest BCUT2D eigenvalue weighted by molar-refractivity contribution is 5.88. The molecule has 1 aliphatic rings. The molecular formula is C14H13N3O4. The number of aromatic nitrogens is 3. The molecule has 2 aromatic heterocycles. The van der Waals surface area contributed by atoms with Crippen molar-refractivity contribution in [3.63, 3.8) is 0 Å². The van der Waals surface area contributed by atoms with Gasteiger partial charge in [-0.15, -0.1) is 0 Å². The van der Waals surface area contributed by atoms with Crippen molar-refractivity contribution in [2.75, 3.05) is 0 Å². The van der Waals surface area contributed by atoms with Crippen LogP contribution in [0.25, 0.3) is 11.4 Å². The average Bonchev–Trinajstić information content (AvgIpc) is 2.87. The van der Waals surface area contributed by atoms with E-state index in [0.29, 0.717) is 29.9 Å². The van der Waals surface area contributed by atoms with Crippen molar-refractivity contribution in [1.82, 2.24) is 14.5 Å². The Morgan fingerprint density at radius 2 is 2.14 bits per heavy atom. The minimum absolute atomic E-state index is 0.00214. The molecule has 0 bridgehead atoms. The van der Waals surface area contributed by atoms with Gasteiger partial charge in [0.25, 0.3) is 0 Å². The van der Waals surface area contributed by atoms with Crippen LogP contribution in [-0.2, 0) is 17.8 Å². The molecule has 7 heteroatoms. The first-order valence-electron chi connectivity index (χ1n) is 6.54. The topological polar surface area (TPSA) is 105 Å². The van der Waals surface area contributed by atoms with Crippen molar-refractivity contribution < 1.29 is 19.8 Å². The Kier molecular flexibility index (Phi) is 3.17. The predicted octanol–water partition coefficient (Wildman–Crippen LogP) is 1.29. The number of hydrogen-bond acceptors (Lipinski definition) is 4. The molecular weight excluding hydrogens is 274 g/mol. The van der Waals surface area contributed by atoms with Gasteiger partial charge >= 0.3 is 11.9 Å². The van der Waals surface area contributed by atoms with Gasteiger partial charge in [0.15, 0.2) is 5.69 Å². The van der Waals surface area contributed by atoms with E-state index in [2.05, 4.69) is 9.97 Å². The highest BCUT2D eigenvalue weighted by Gasteiger charge is 2.31. The highest BCUT2D eigenvalue weighted by atomic mass is 16.4. The molecule has 1 atom stereocenters. The van der Waals surface area contributed by atoms with Crippen molar-refractivity contribution in [1.29, 1.82) is 0 Å². The van der Waals surface area contributed by atoms with Gasteiger partial charge in [0.2, 0.25) is 0 Å². The lowest BCUT2D eigenvalue weighted by Gasteiger charge is -2.22. The zero-order valence-corrected chi connectivity index (χ0v) is 11.1. The van der Waals surface area contributed by atoms with E-state index < -0.39 is 17.9 Å². The van der Waals surface area contributed by atoms with Gasteiger partial charge in [-0.1, -0.05) is 0 Å². The minimum atomic E-state index is -1.09. The second kappa shape index (κ2) is 5.01. The molecule has 0 saturated carbocycles.